The van der Waals surface area contributed by atoms with Crippen molar-refractivity contribution in [2.75, 3.05) is 12.4 Å². The average Bonchev–Trinajstić information content (AvgIpc) is 2.40. The lowest BCUT2D eigenvalue weighted by molar-refractivity contribution is 0.0920. The maximum atomic E-state index is 12.0. The van der Waals surface area contributed by atoms with E-state index in [1.807, 2.05) is 6.92 Å². The second-order valence-electron chi connectivity index (χ2n) is 4.38. The lowest BCUT2D eigenvalue weighted by atomic mass is 9.95. The van der Waals surface area contributed by atoms with Crippen LogP contribution in [0.25, 0.3) is 0 Å². The predicted molar refractivity (Wildman–Crippen MR) is 72.6 cm³/mol. The summed E-state index contributed by atoms with van der Waals surface area (Å²) in [5, 5.41) is 5.85. The van der Waals surface area contributed by atoms with E-state index in [1.165, 1.54) is 6.20 Å². The second-order valence-corrected chi connectivity index (χ2v) is 4.38. The zero-order valence-electron chi connectivity index (χ0n) is 11.5. The molecule has 0 saturated heterocycles. The third-order valence-electron chi connectivity index (χ3n) is 3.24. The summed E-state index contributed by atoms with van der Waals surface area (Å²) in [4.78, 5) is 20.2. The molecule has 5 nitrogen and oxygen atoms in total. The van der Waals surface area contributed by atoms with Crippen LogP contribution in [-0.2, 0) is 0 Å². The third kappa shape index (κ3) is 3.68. The molecule has 1 aromatic rings. The van der Waals surface area contributed by atoms with Crippen LogP contribution in [-0.4, -0.2) is 29.0 Å². The van der Waals surface area contributed by atoms with Gasteiger partial charge in [0.05, 0.1) is 12.4 Å². The van der Waals surface area contributed by atoms with Crippen LogP contribution < -0.4 is 10.6 Å². The first-order valence-electron chi connectivity index (χ1n) is 6.43. The summed E-state index contributed by atoms with van der Waals surface area (Å²) in [5.74, 6) is 0.922. The molecule has 18 heavy (non-hydrogen) atoms. The lowest BCUT2D eigenvalue weighted by Crippen LogP contribution is -2.38. The van der Waals surface area contributed by atoms with Crippen LogP contribution in [0.5, 0.6) is 0 Å². The molecule has 0 radical (unpaired) electrons. The van der Waals surface area contributed by atoms with Crippen molar-refractivity contribution in [2.45, 2.75) is 39.7 Å². The molecule has 0 aliphatic heterocycles. The van der Waals surface area contributed by atoms with Gasteiger partial charge in [0, 0.05) is 13.1 Å². The fraction of sp³-hybridized carbons (Fsp3) is 0.615. The molecule has 2 N–H and O–H groups in total. The first-order chi connectivity index (χ1) is 8.62. The van der Waals surface area contributed by atoms with Gasteiger partial charge in [0.15, 0.2) is 0 Å². The van der Waals surface area contributed by atoms with E-state index in [0.717, 1.165) is 12.8 Å². The highest BCUT2D eigenvalue weighted by atomic mass is 16.1. The van der Waals surface area contributed by atoms with E-state index < -0.39 is 0 Å². The van der Waals surface area contributed by atoms with Gasteiger partial charge in [-0.3, -0.25) is 9.78 Å². The zero-order valence-corrected chi connectivity index (χ0v) is 11.5. The number of nitrogens with one attached hydrogen (secondary N) is 2. The summed E-state index contributed by atoms with van der Waals surface area (Å²) in [6, 6.07) is 0.146. The number of aromatic nitrogens is 2. The molecule has 0 fully saturated rings. The van der Waals surface area contributed by atoms with E-state index in [9.17, 15) is 4.79 Å². The molecular weight excluding hydrogens is 228 g/mol. The van der Waals surface area contributed by atoms with Crippen LogP contribution in [0.4, 0.5) is 5.82 Å². The Kier molecular flexibility index (Phi) is 5.55. The molecule has 1 rings (SSSR count). The number of carbonyl (C=O) groups is 1. The van der Waals surface area contributed by atoms with Gasteiger partial charge >= 0.3 is 0 Å². The van der Waals surface area contributed by atoms with Crippen molar-refractivity contribution >= 4 is 11.7 Å². The first-order valence-corrected chi connectivity index (χ1v) is 6.43. The number of amides is 1. The Balaban J connectivity index is 2.69. The maximum Gasteiger partial charge on any atom is 0.271 e. The Morgan fingerprint density at radius 1 is 1.33 bits per heavy atom. The van der Waals surface area contributed by atoms with Crippen molar-refractivity contribution in [2.24, 2.45) is 5.92 Å². The molecule has 0 saturated carbocycles. The summed E-state index contributed by atoms with van der Waals surface area (Å²) in [6.45, 7) is 6.31. The Bertz CT molecular complexity index is 390. The Morgan fingerprint density at radius 3 is 2.56 bits per heavy atom. The second kappa shape index (κ2) is 6.93. The van der Waals surface area contributed by atoms with E-state index in [-0.39, 0.29) is 11.9 Å². The van der Waals surface area contributed by atoms with E-state index in [0.29, 0.717) is 17.4 Å². The van der Waals surface area contributed by atoms with Crippen LogP contribution in [0.1, 0.15) is 44.1 Å². The smallest absolute Gasteiger partial charge is 0.271 e. The molecule has 1 heterocycles. The Labute approximate surface area is 108 Å². The molecule has 5 heteroatoms. The van der Waals surface area contributed by atoms with Crippen molar-refractivity contribution in [3.63, 3.8) is 0 Å². The predicted octanol–water partition coefficient (Wildman–Crippen LogP) is 2.07. The van der Waals surface area contributed by atoms with Crippen molar-refractivity contribution < 1.29 is 4.79 Å². The van der Waals surface area contributed by atoms with E-state index >= 15 is 0 Å². The van der Waals surface area contributed by atoms with Crippen LogP contribution in [0, 0.1) is 5.92 Å². The molecule has 0 aromatic carbocycles. The number of carbonyl (C=O) groups excluding carboxylic acids is 1. The molecule has 1 atom stereocenters. The fourth-order valence-corrected chi connectivity index (χ4v) is 1.99. The minimum absolute atomic E-state index is 0.146. The highest BCUT2D eigenvalue weighted by Gasteiger charge is 2.17. The largest absolute Gasteiger partial charge is 0.372 e. The Morgan fingerprint density at radius 2 is 2.00 bits per heavy atom. The minimum atomic E-state index is -0.168. The normalized spacial score (nSPS) is 12.3. The first kappa shape index (κ1) is 14.4. The van der Waals surface area contributed by atoms with Crippen LogP contribution in [0.3, 0.4) is 0 Å². The number of rotatable bonds is 6. The number of hydrogen-bond acceptors (Lipinski definition) is 4. The summed E-state index contributed by atoms with van der Waals surface area (Å²) in [5.41, 5.74) is 0.347. The summed E-state index contributed by atoms with van der Waals surface area (Å²) in [7, 11) is 1.75. The van der Waals surface area contributed by atoms with Gasteiger partial charge < -0.3 is 10.6 Å². The molecule has 0 aliphatic carbocycles. The molecule has 1 unspecified atom stereocenters. The van der Waals surface area contributed by atoms with Crippen molar-refractivity contribution in [3.8, 4) is 0 Å². The molecule has 1 aromatic heterocycles. The van der Waals surface area contributed by atoms with Crippen molar-refractivity contribution in [3.05, 3.63) is 18.1 Å². The highest BCUT2D eigenvalue weighted by molar-refractivity contribution is 5.92. The van der Waals surface area contributed by atoms with Gasteiger partial charge in [-0.1, -0.05) is 26.7 Å². The number of hydrogen-bond donors (Lipinski definition) is 2. The third-order valence-corrected chi connectivity index (χ3v) is 3.24. The van der Waals surface area contributed by atoms with E-state index in [2.05, 4.69) is 34.4 Å². The van der Waals surface area contributed by atoms with E-state index in [4.69, 9.17) is 0 Å². The lowest BCUT2D eigenvalue weighted by Gasteiger charge is -2.22. The monoisotopic (exact) mass is 250 g/mol. The van der Waals surface area contributed by atoms with Gasteiger partial charge in [-0.25, -0.2) is 4.98 Å². The Hall–Kier alpha value is -1.65. The quantitative estimate of drug-likeness (QED) is 0.811. The van der Waals surface area contributed by atoms with Crippen molar-refractivity contribution in [1.82, 2.24) is 15.3 Å². The number of nitrogens with zero attached hydrogens (tertiary/aromatic N) is 2. The van der Waals surface area contributed by atoms with Crippen LogP contribution in [0.2, 0.25) is 0 Å². The summed E-state index contributed by atoms with van der Waals surface area (Å²) in [6.07, 6.45) is 5.18. The van der Waals surface area contributed by atoms with Gasteiger partial charge in [-0.15, -0.1) is 0 Å². The maximum absolute atomic E-state index is 12.0. The summed E-state index contributed by atoms with van der Waals surface area (Å²) < 4.78 is 0. The highest BCUT2D eigenvalue weighted by Crippen LogP contribution is 2.13. The van der Waals surface area contributed by atoms with Gasteiger partial charge in [-0.05, 0) is 12.8 Å². The zero-order chi connectivity index (χ0) is 13.5. The molecule has 1 amide bonds. The van der Waals surface area contributed by atoms with Crippen LogP contribution in [0.15, 0.2) is 12.4 Å². The molecular formula is C13H22N4O. The van der Waals surface area contributed by atoms with Gasteiger partial charge in [0.1, 0.15) is 11.5 Å². The SMILES string of the molecule is CCC(CC)C(C)NC(=O)c1cncc(NC)n1. The van der Waals surface area contributed by atoms with Gasteiger partial charge in [-0.2, -0.15) is 0 Å². The topological polar surface area (TPSA) is 66.9 Å². The molecule has 0 spiro atoms. The molecule has 100 valence electrons. The molecule has 0 aliphatic rings. The number of anilines is 1. The van der Waals surface area contributed by atoms with Gasteiger partial charge in [0.25, 0.3) is 5.91 Å². The van der Waals surface area contributed by atoms with Crippen LogP contribution >= 0.6 is 0 Å². The minimum Gasteiger partial charge on any atom is -0.372 e. The standard InChI is InChI=1S/C13H22N4O/c1-5-10(6-2)9(3)16-13(18)11-7-15-8-12(14-4)17-11/h7-10H,5-6H2,1-4H3,(H,14,17)(H,16,18). The van der Waals surface area contributed by atoms with E-state index in [1.54, 1.807) is 13.2 Å². The fourth-order valence-electron chi connectivity index (χ4n) is 1.99. The van der Waals surface area contributed by atoms with Crippen molar-refractivity contribution in [1.29, 1.82) is 0 Å². The summed E-state index contributed by atoms with van der Waals surface area (Å²) >= 11 is 0. The average molecular weight is 250 g/mol. The molecule has 0 bridgehead atoms. The van der Waals surface area contributed by atoms with Gasteiger partial charge in [0.2, 0.25) is 0 Å².